The molecule has 0 amide bonds. The number of benzene rings is 1. The van der Waals surface area contributed by atoms with Crippen molar-refractivity contribution in [2.45, 2.75) is 38.1 Å². The molecule has 2 aromatic rings. The van der Waals surface area contributed by atoms with Gasteiger partial charge < -0.3 is 15.1 Å². The van der Waals surface area contributed by atoms with Gasteiger partial charge in [0.2, 0.25) is 5.95 Å². The maximum Gasteiger partial charge on any atom is 0.224 e. The molecule has 138 valence electrons. The predicted molar refractivity (Wildman–Crippen MR) is 103 cm³/mol. The highest BCUT2D eigenvalue weighted by molar-refractivity contribution is 5.50. The highest BCUT2D eigenvalue weighted by Crippen LogP contribution is 2.22. The van der Waals surface area contributed by atoms with Crippen molar-refractivity contribution in [3.63, 3.8) is 0 Å². The maximum absolute atomic E-state index is 13.1. The molecule has 2 aliphatic rings. The summed E-state index contributed by atoms with van der Waals surface area (Å²) in [6.45, 7) is 3.61. The van der Waals surface area contributed by atoms with E-state index in [-0.39, 0.29) is 5.82 Å². The first kappa shape index (κ1) is 17.1. The molecule has 4 rings (SSSR count). The molecule has 5 nitrogen and oxygen atoms in total. The topological polar surface area (TPSA) is 44.3 Å². The Labute approximate surface area is 154 Å². The summed E-state index contributed by atoms with van der Waals surface area (Å²) in [5, 5.41) is 3.51. The molecule has 0 spiro atoms. The predicted octanol–water partition coefficient (Wildman–Crippen LogP) is 3.69. The van der Waals surface area contributed by atoms with Gasteiger partial charge in [0.05, 0.1) is 0 Å². The number of rotatable bonds is 4. The van der Waals surface area contributed by atoms with Crippen molar-refractivity contribution in [1.29, 1.82) is 0 Å². The van der Waals surface area contributed by atoms with Crippen LogP contribution in [0.25, 0.3) is 0 Å². The summed E-state index contributed by atoms with van der Waals surface area (Å²) in [5.41, 5.74) is 1.08. The van der Waals surface area contributed by atoms with E-state index in [0.717, 1.165) is 43.6 Å². The lowest BCUT2D eigenvalue weighted by molar-refractivity contribution is 0.461. The Kier molecular flexibility index (Phi) is 5.18. The Morgan fingerprint density at radius 2 is 1.58 bits per heavy atom. The number of hydrogen-bond donors (Lipinski definition) is 1. The van der Waals surface area contributed by atoms with Gasteiger partial charge in [0.1, 0.15) is 11.6 Å². The van der Waals surface area contributed by atoms with E-state index in [1.165, 1.54) is 44.2 Å². The molecule has 1 N–H and O–H groups in total. The Bertz CT molecular complexity index is 706. The van der Waals surface area contributed by atoms with E-state index in [1.807, 2.05) is 24.4 Å². The molecule has 2 fully saturated rings. The van der Waals surface area contributed by atoms with E-state index >= 15 is 0 Å². The standard InChI is InChI=1S/C20H26FN5/c21-16-6-8-18(9-7-16)25-12-14-26(15-13-25)19-10-11-22-20(24-19)23-17-4-2-1-3-5-17/h6-11,17H,1-5,12-15H2,(H,22,23,24). The first-order valence-corrected chi connectivity index (χ1v) is 9.63. The van der Waals surface area contributed by atoms with Gasteiger partial charge in [-0.15, -0.1) is 0 Å². The monoisotopic (exact) mass is 355 g/mol. The molecule has 1 aromatic carbocycles. The summed E-state index contributed by atoms with van der Waals surface area (Å²) in [7, 11) is 0. The molecule has 0 radical (unpaired) electrons. The fourth-order valence-electron chi connectivity index (χ4n) is 3.87. The number of halogens is 1. The number of aromatic nitrogens is 2. The maximum atomic E-state index is 13.1. The summed E-state index contributed by atoms with van der Waals surface area (Å²) in [5.74, 6) is 1.54. The molecule has 1 aliphatic carbocycles. The van der Waals surface area contributed by atoms with Gasteiger partial charge in [-0.2, -0.15) is 4.98 Å². The summed E-state index contributed by atoms with van der Waals surface area (Å²) < 4.78 is 13.1. The molecule has 1 saturated heterocycles. The molecule has 0 unspecified atom stereocenters. The lowest BCUT2D eigenvalue weighted by Crippen LogP contribution is -2.46. The van der Waals surface area contributed by atoms with Crippen LogP contribution in [0, 0.1) is 5.82 Å². The van der Waals surface area contributed by atoms with Crippen molar-refractivity contribution in [2.75, 3.05) is 41.3 Å². The van der Waals surface area contributed by atoms with Gasteiger partial charge in [-0.3, -0.25) is 0 Å². The average Bonchev–Trinajstić information content (AvgIpc) is 2.70. The smallest absolute Gasteiger partial charge is 0.224 e. The normalized spacial score (nSPS) is 18.8. The third-order valence-electron chi connectivity index (χ3n) is 5.37. The highest BCUT2D eigenvalue weighted by Gasteiger charge is 2.20. The van der Waals surface area contributed by atoms with Crippen molar-refractivity contribution in [3.8, 4) is 0 Å². The van der Waals surface area contributed by atoms with Crippen LogP contribution < -0.4 is 15.1 Å². The first-order chi connectivity index (χ1) is 12.8. The molecule has 1 saturated carbocycles. The van der Waals surface area contributed by atoms with Crippen LogP contribution in [0.4, 0.5) is 21.8 Å². The van der Waals surface area contributed by atoms with Gasteiger partial charge in [-0.1, -0.05) is 19.3 Å². The van der Waals surface area contributed by atoms with Gasteiger partial charge in [-0.05, 0) is 43.2 Å². The van der Waals surface area contributed by atoms with Crippen LogP contribution in [0.3, 0.4) is 0 Å². The van der Waals surface area contributed by atoms with Gasteiger partial charge >= 0.3 is 0 Å². The zero-order valence-corrected chi connectivity index (χ0v) is 15.1. The van der Waals surface area contributed by atoms with E-state index in [9.17, 15) is 4.39 Å². The Hall–Kier alpha value is -2.37. The van der Waals surface area contributed by atoms with Crippen molar-refractivity contribution >= 4 is 17.5 Å². The molecule has 6 heteroatoms. The minimum atomic E-state index is -0.189. The molecule has 1 aromatic heterocycles. The zero-order chi connectivity index (χ0) is 17.8. The first-order valence-electron chi connectivity index (χ1n) is 9.63. The van der Waals surface area contributed by atoms with Gasteiger partial charge in [0.15, 0.2) is 0 Å². The van der Waals surface area contributed by atoms with Crippen molar-refractivity contribution in [2.24, 2.45) is 0 Å². The second-order valence-corrected chi connectivity index (χ2v) is 7.17. The van der Waals surface area contributed by atoms with Gasteiger partial charge in [0, 0.05) is 44.1 Å². The lowest BCUT2D eigenvalue weighted by atomic mass is 9.96. The quantitative estimate of drug-likeness (QED) is 0.906. The summed E-state index contributed by atoms with van der Waals surface area (Å²) in [6.07, 6.45) is 8.20. The van der Waals surface area contributed by atoms with E-state index in [4.69, 9.17) is 4.98 Å². The Morgan fingerprint density at radius 1 is 0.885 bits per heavy atom. The van der Waals surface area contributed by atoms with Crippen LogP contribution in [0.1, 0.15) is 32.1 Å². The zero-order valence-electron chi connectivity index (χ0n) is 15.1. The van der Waals surface area contributed by atoms with Gasteiger partial charge in [0.25, 0.3) is 0 Å². The summed E-state index contributed by atoms with van der Waals surface area (Å²) >= 11 is 0. The van der Waals surface area contributed by atoms with E-state index in [2.05, 4.69) is 20.1 Å². The van der Waals surface area contributed by atoms with Crippen LogP contribution in [0.5, 0.6) is 0 Å². The van der Waals surface area contributed by atoms with E-state index < -0.39 is 0 Å². The minimum absolute atomic E-state index is 0.189. The number of nitrogens with zero attached hydrogens (tertiary/aromatic N) is 4. The van der Waals surface area contributed by atoms with Crippen LogP contribution in [0.2, 0.25) is 0 Å². The number of piperazine rings is 1. The average molecular weight is 355 g/mol. The summed E-state index contributed by atoms with van der Waals surface area (Å²) in [4.78, 5) is 13.7. The second kappa shape index (κ2) is 7.89. The molecular formula is C20H26FN5. The highest BCUT2D eigenvalue weighted by atomic mass is 19.1. The van der Waals surface area contributed by atoms with E-state index in [1.54, 1.807) is 0 Å². The van der Waals surface area contributed by atoms with Gasteiger partial charge in [-0.25, -0.2) is 9.37 Å². The van der Waals surface area contributed by atoms with Crippen LogP contribution in [-0.4, -0.2) is 42.2 Å². The molecular weight excluding hydrogens is 329 g/mol. The Morgan fingerprint density at radius 3 is 2.31 bits per heavy atom. The van der Waals surface area contributed by atoms with E-state index in [0.29, 0.717) is 6.04 Å². The third-order valence-corrected chi connectivity index (χ3v) is 5.37. The third kappa shape index (κ3) is 4.06. The second-order valence-electron chi connectivity index (χ2n) is 7.17. The molecule has 0 atom stereocenters. The van der Waals surface area contributed by atoms with Crippen molar-refractivity contribution < 1.29 is 4.39 Å². The van der Waals surface area contributed by atoms with Crippen molar-refractivity contribution in [1.82, 2.24) is 9.97 Å². The number of hydrogen-bond acceptors (Lipinski definition) is 5. The fourth-order valence-corrected chi connectivity index (χ4v) is 3.87. The minimum Gasteiger partial charge on any atom is -0.368 e. The largest absolute Gasteiger partial charge is 0.368 e. The Balaban J connectivity index is 1.36. The summed E-state index contributed by atoms with van der Waals surface area (Å²) in [6, 6.07) is 9.24. The van der Waals surface area contributed by atoms with Crippen LogP contribution >= 0.6 is 0 Å². The SMILES string of the molecule is Fc1ccc(N2CCN(c3ccnc(NC4CCCCC4)n3)CC2)cc1. The van der Waals surface area contributed by atoms with Crippen LogP contribution in [0.15, 0.2) is 36.5 Å². The lowest BCUT2D eigenvalue weighted by Gasteiger charge is -2.36. The molecule has 2 heterocycles. The molecule has 0 bridgehead atoms. The fraction of sp³-hybridized carbons (Fsp3) is 0.500. The number of anilines is 3. The molecule has 26 heavy (non-hydrogen) atoms. The molecule has 1 aliphatic heterocycles. The van der Waals surface area contributed by atoms with Crippen LogP contribution in [-0.2, 0) is 0 Å². The van der Waals surface area contributed by atoms with Crippen molar-refractivity contribution in [3.05, 3.63) is 42.3 Å². The number of nitrogens with one attached hydrogen (secondary N) is 1.